The van der Waals surface area contributed by atoms with Crippen LogP contribution in [0, 0.1) is 6.92 Å². The van der Waals surface area contributed by atoms with Crippen LogP contribution in [-0.4, -0.2) is 25.5 Å². The molecule has 96 valence electrons. The number of carbonyl (C=O) groups excluding carboxylic acids is 1. The Morgan fingerprint density at radius 2 is 2.28 bits per heavy atom. The van der Waals surface area contributed by atoms with Crippen LogP contribution in [0.5, 0.6) is 0 Å². The summed E-state index contributed by atoms with van der Waals surface area (Å²) in [6, 6.07) is 1.77. The predicted molar refractivity (Wildman–Crippen MR) is 67.0 cm³/mol. The molecule has 2 heterocycles. The molecule has 0 fully saturated rings. The van der Waals surface area contributed by atoms with E-state index in [1.807, 2.05) is 24.7 Å². The highest BCUT2D eigenvalue weighted by Crippen LogP contribution is 2.03. The summed E-state index contributed by atoms with van der Waals surface area (Å²) in [5.41, 5.74) is 2.39. The van der Waals surface area contributed by atoms with Crippen molar-refractivity contribution in [2.24, 2.45) is 7.05 Å². The van der Waals surface area contributed by atoms with E-state index in [0.717, 1.165) is 17.8 Å². The summed E-state index contributed by atoms with van der Waals surface area (Å²) in [7, 11) is 1.76. The fourth-order valence-electron chi connectivity index (χ4n) is 1.77. The van der Waals surface area contributed by atoms with Crippen molar-refractivity contribution >= 4 is 5.91 Å². The van der Waals surface area contributed by atoms with E-state index in [0.29, 0.717) is 12.2 Å². The highest BCUT2D eigenvalue weighted by Gasteiger charge is 2.11. The maximum absolute atomic E-state index is 11.9. The molecule has 1 amide bonds. The SMILES string of the molecule is CCn1cc(CNC(=O)c2cc(C)nn2C)cn1. The first-order chi connectivity index (χ1) is 8.60. The summed E-state index contributed by atoms with van der Waals surface area (Å²) >= 11 is 0. The Morgan fingerprint density at radius 1 is 1.50 bits per heavy atom. The van der Waals surface area contributed by atoms with Gasteiger partial charge in [0.2, 0.25) is 0 Å². The Bertz CT molecular complexity index is 555. The van der Waals surface area contributed by atoms with Gasteiger partial charge in [0.15, 0.2) is 0 Å². The summed E-state index contributed by atoms with van der Waals surface area (Å²) in [5.74, 6) is -0.123. The minimum Gasteiger partial charge on any atom is -0.347 e. The zero-order chi connectivity index (χ0) is 13.1. The lowest BCUT2D eigenvalue weighted by atomic mass is 10.3. The number of rotatable bonds is 4. The van der Waals surface area contributed by atoms with Crippen molar-refractivity contribution in [1.29, 1.82) is 0 Å². The minimum absolute atomic E-state index is 0.123. The van der Waals surface area contributed by atoms with Gasteiger partial charge in [-0.25, -0.2) is 0 Å². The van der Waals surface area contributed by atoms with E-state index in [9.17, 15) is 4.79 Å². The van der Waals surface area contributed by atoms with Crippen LogP contribution in [-0.2, 0) is 20.1 Å². The molecule has 6 nitrogen and oxygen atoms in total. The smallest absolute Gasteiger partial charge is 0.269 e. The summed E-state index contributed by atoms with van der Waals surface area (Å²) in [5, 5.41) is 11.2. The second kappa shape index (κ2) is 5.03. The number of nitrogens with one attached hydrogen (secondary N) is 1. The molecule has 0 bridgehead atoms. The molecule has 6 heteroatoms. The lowest BCUT2D eigenvalue weighted by Crippen LogP contribution is -2.24. The van der Waals surface area contributed by atoms with Crippen molar-refractivity contribution in [2.75, 3.05) is 0 Å². The van der Waals surface area contributed by atoms with Crippen LogP contribution < -0.4 is 5.32 Å². The highest BCUT2D eigenvalue weighted by atomic mass is 16.2. The quantitative estimate of drug-likeness (QED) is 0.872. The van der Waals surface area contributed by atoms with Gasteiger partial charge in [-0.1, -0.05) is 0 Å². The second-order valence-corrected chi connectivity index (χ2v) is 4.18. The average molecular weight is 247 g/mol. The van der Waals surface area contributed by atoms with Gasteiger partial charge in [0.05, 0.1) is 11.9 Å². The van der Waals surface area contributed by atoms with Gasteiger partial charge in [-0.05, 0) is 19.9 Å². The summed E-state index contributed by atoms with van der Waals surface area (Å²) in [6.45, 7) is 5.19. The monoisotopic (exact) mass is 247 g/mol. The molecule has 0 unspecified atom stereocenters. The van der Waals surface area contributed by atoms with Crippen molar-refractivity contribution < 1.29 is 4.79 Å². The molecular formula is C12H17N5O. The molecule has 18 heavy (non-hydrogen) atoms. The van der Waals surface area contributed by atoms with E-state index in [1.54, 1.807) is 24.0 Å². The third-order valence-electron chi connectivity index (χ3n) is 2.70. The van der Waals surface area contributed by atoms with E-state index in [2.05, 4.69) is 15.5 Å². The van der Waals surface area contributed by atoms with E-state index in [-0.39, 0.29) is 5.91 Å². The first kappa shape index (κ1) is 12.3. The van der Waals surface area contributed by atoms with Crippen LogP contribution in [0.3, 0.4) is 0 Å². The van der Waals surface area contributed by atoms with E-state index >= 15 is 0 Å². The molecule has 0 atom stereocenters. The molecule has 0 radical (unpaired) electrons. The van der Waals surface area contributed by atoms with Crippen molar-refractivity contribution in [3.8, 4) is 0 Å². The molecule has 0 aliphatic rings. The maximum Gasteiger partial charge on any atom is 0.269 e. The van der Waals surface area contributed by atoms with Crippen LogP contribution in [0.25, 0.3) is 0 Å². The second-order valence-electron chi connectivity index (χ2n) is 4.18. The predicted octanol–water partition coefficient (Wildman–Crippen LogP) is 0.875. The lowest BCUT2D eigenvalue weighted by Gasteiger charge is -2.03. The number of hydrogen-bond donors (Lipinski definition) is 1. The van der Waals surface area contributed by atoms with Crippen LogP contribution in [0.15, 0.2) is 18.5 Å². The third-order valence-corrected chi connectivity index (χ3v) is 2.70. The minimum atomic E-state index is -0.123. The van der Waals surface area contributed by atoms with Gasteiger partial charge in [0, 0.05) is 31.9 Å². The van der Waals surface area contributed by atoms with E-state index in [1.165, 1.54) is 0 Å². The fraction of sp³-hybridized carbons (Fsp3) is 0.417. The number of aromatic nitrogens is 4. The number of hydrogen-bond acceptors (Lipinski definition) is 3. The van der Waals surface area contributed by atoms with Crippen LogP contribution >= 0.6 is 0 Å². The topological polar surface area (TPSA) is 64.7 Å². The third kappa shape index (κ3) is 2.58. The van der Waals surface area contributed by atoms with Crippen molar-refractivity contribution in [2.45, 2.75) is 26.9 Å². The molecule has 0 aliphatic heterocycles. The Labute approximate surface area is 106 Å². The standard InChI is InChI=1S/C12H17N5O/c1-4-17-8-10(7-14-17)6-13-12(18)11-5-9(2)15-16(11)3/h5,7-8H,4,6H2,1-3H3,(H,13,18). The van der Waals surface area contributed by atoms with Gasteiger partial charge in [-0.15, -0.1) is 0 Å². The first-order valence-corrected chi connectivity index (χ1v) is 5.90. The molecule has 2 rings (SSSR count). The molecular weight excluding hydrogens is 230 g/mol. The molecule has 0 saturated heterocycles. The highest BCUT2D eigenvalue weighted by molar-refractivity contribution is 5.92. The maximum atomic E-state index is 11.9. The summed E-state index contributed by atoms with van der Waals surface area (Å²) in [4.78, 5) is 11.9. The van der Waals surface area contributed by atoms with Crippen LogP contribution in [0.1, 0.15) is 28.7 Å². The van der Waals surface area contributed by atoms with E-state index in [4.69, 9.17) is 0 Å². The molecule has 0 spiro atoms. The van der Waals surface area contributed by atoms with Gasteiger partial charge < -0.3 is 5.32 Å². The number of amides is 1. The van der Waals surface area contributed by atoms with Gasteiger partial charge >= 0.3 is 0 Å². The zero-order valence-corrected chi connectivity index (χ0v) is 10.8. The Morgan fingerprint density at radius 3 is 2.83 bits per heavy atom. The van der Waals surface area contributed by atoms with E-state index < -0.39 is 0 Å². The van der Waals surface area contributed by atoms with Gasteiger partial charge in [-0.2, -0.15) is 10.2 Å². The normalized spacial score (nSPS) is 10.6. The Balaban J connectivity index is 1.98. The fourth-order valence-corrected chi connectivity index (χ4v) is 1.77. The number of aryl methyl sites for hydroxylation is 3. The van der Waals surface area contributed by atoms with Gasteiger partial charge in [0.1, 0.15) is 5.69 Å². The number of nitrogens with zero attached hydrogens (tertiary/aromatic N) is 4. The van der Waals surface area contributed by atoms with Crippen molar-refractivity contribution in [3.63, 3.8) is 0 Å². The zero-order valence-electron chi connectivity index (χ0n) is 10.8. The molecule has 0 aromatic carbocycles. The molecule has 0 aliphatic carbocycles. The van der Waals surface area contributed by atoms with Crippen LogP contribution in [0.4, 0.5) is 0 Å². The van der Waals surface area contributed by atoms with Gasteiger partial charge in [-0.3, -0.25) is 14.2 Å². The first-order valence-electron chi connectivity index (χ1n) is 5.90. The number of carbonyl (C=O) groups is 1. The molecule has 1 N–H and O–H groups in total. The lowest BCUT2D eigenvalue weighted by molar-refractivity contribution is 0.0941. The average Bonchev–Trinajstić information content (AvgIpc) is 2.92. The Kier molecular flexibility index (Phi) is 3.45. The Hall–Kier alpha value is -2.11. The van der Waals surface area contributed by atoms with Crippen LogP contribution in [0.2, 0.25) is 0 Å². The molecule has 0 saturated carbocycles. The molecule has 2 aromatic rings. The largest absolute Gasteiger partial charge is 0.347 e. The summed E-state index contributed by atoms with van der Waals surface area (Å²) in [6.07, 6.45) is 3.69. The van der Waals surface area contributed by atoms with Gasteiger partial charge in [0.25, 0.3) is 5.91 Å². The van der Waals surface area contributed by atoms with Crippen molar-refractivity contribution in [3.05, 3.63) is 35.4 Å². The molecule has 2 aromatic heterocycles. The summed E-state index contributed by atoms with van der Waals surface area (Å²) < 4.78 is 3.41. The van der Waals surface area contributed by atoms with Crippen molar-refractivity contribution in [1.82, 2.24) is 24.9 Å².